The van der Waals surface area contributed by atoms with Gasteiger partial charge in [-0.05, 0) is 35.4 Å². The number of carbonyl (C=O) groups is 1. The molecule has 4 aromatic rings. The van der Waals surface area contributed by atoms with Gasteiger partial charge in [-0.15, -0.1) is 5.10 Å². The summed E-state index contributed by atoms with van der Waals surface area (Å²) in [6.07, 6.45) is 0.0584. The van der Waals surface area contributed by atoms with E-state index in [1.807, 2.05) is 12.1 Å². The lowest BCUT2D eigenvalue weighted by Gasteiger charge is -2.07. The minimum Gasteiger partial charge on any atom is -0.475 e. The monoisotopic (exact) mass is 511 g/mol. The van der Waals surface area contributed by atoms with Gasteiger partial charge in [-0.3, -0.25) is 0 Å². The maximum Gasteiger partial charge on any atom is 0.490 e. The summed E-state index contributed by atoms with van der Waals surface area (Å²) in [6.45, 7) is 1.00. The van der Waals surface area contributed by atoms with Crippen LogP contribution in [0.2, 0.25) is 0 Å². The molecule has 35 heavy (non-hydrogen) atoms. The summed E-state index contributed by atoms with van der Waals surface area (Å²) < 4.78 is 60.3. The summed E-state index contributed by atoms with van der Waals surface area (Å²) in [6, 6.07) is 10.7. The normalized spacial score (nSPS) is 11.8. The number of pyridine rings is 1. The molecule has 0 saturated heterocycles. The lowest BCUT2D eigenvalue weighted by Crippen LogP contribution is -2.29. The first-order valence-corrected chi connectivity index (χ1v) is 11.4. The van der Waals surface area contributed by atoms with Gasteiger partial charge in [0.25, 0.3) is 0 Å². The molecule has 4 rings (SSSR count). The Bertz CT molecular complexity index is 1390. The minimum absolute atomic E-state index is 0.201. The molecule has 0 bridgehead atoms. The molecule has 0 atom stereocenters. The van der Waals surface area contributed by atoms with E-state index >= 15 is 0 Å². The highest BCUT2D eigenvalue weighted by Gasteiger charge is 2.38. The summed E-state index contributed by atoms with van der Waals surface area (Å²) >= 11 is 0. The summed E-state index contributed by atoms with van der Waals surface area (Å²) in [5.41, 5.74) is 8.94. The molecule has 0 unspecified atom stereocenters. The Balaban J connectivity index is 0.000000429. The number of benzene rings is 1. The SMILES string of the molecule is NCCNS(=O)(=O)c1ccc(-c2ccnc3[nH]c(Cn4ccnn4)cc23)cc1.O=C(O)C(F)(F)F. The van der Waals surface area contributed by atoms with Crippen molar-refractivity contribution in [3.8, 4) is 11.1 Å². The average Bonchev–Trinajstić information content (AvgIpc) is 3.47. The van der Waals surface area contributed by atoms with Gasteiger partial charge in [0.1, 0.15) is 5.65 Å². The Hall–Kier alpha value is -3.82. The minimum atomic E-state index is -5.08. The fourth-order valence-corrected chi connectivity index (χ4v) is 4.05. The van der Waals surface area contributed by atoms with Crippen molar-refractivity contribution in [2.75, 3.05) is 13.1 Å². The van der Waals surface area contributed by atoms with Gasteiger partial charge in [0.2, 0.25) is 10.0 Å². The smallest absolute Gasteiger partial charge is 0.475 e. The summed E-state index contributed by atoms with van der Waals surface area (Å²) in [7, 11) is -3.55. The number of nitrogens with zero attached hydrogens (tertiary/aromatic N) is 4. The first kappa shape index (κ1) is 25.8. The largest absolute Gasteiger partial charge is 0.490 e. The number of fused-ring (bicyclic) bond motifs is 1. The van der Waals surface area contributed by atoms with Crippen molar-refractivity contribution in [1.82, 2.24) is 29.7 Å². The molecule has 1 aromatic carbocycles. The van der Waals surface area contributed by atoms with E-state index in [9.17, 15) is 21.6 Å². The van der Waals surface area contributed by atoms with Crippen LogP contribution in [0.25, 0.3) is 22.2 Å². The van der Waals surface area contributed by atoms with Crippen LogP contribution in [0.5, 0.6) is 0 Å². The molecule has 0 amide bonds. The topological polar surface area (TPSA) is 169 Å². The van der Waals surface area contributed by atoms with Crippen molar-refractivity contribution < 1.29 is 31.5 Å². The lowest BCUT2D eigenvalue weighted by atomic mass is 10.0. The molecule has 0 fully saturated rings. The number of carboxylic acids is 1. The number of hydrogen-bond donors (Lipinski definition) is 4. The highest BCUT2D eigenvalue weighted by molar-refractivity contribution is 7.89. The summed E-state index contributed by atoms with van der Waals surface area (Å²) in [5.74, 6) is -2.76. The molecule has 0 aliphatic heterocycles. The van der Waals surface area contributed by atoms with E-state index < -0.39 is 22.2 Å². The van der Waals surface area contributed by atoms with Gasteiger partial charge in [-0.25, -0.2) is 27.6 Å². The van der Waals surface area contributed by atoms with E-state index in [2.05, 4.69) is 25.0 Å². The van der Waals surface area contributed by atoms with E-state index in [0.717, 1.165) is 27.9 Å². The molecular formula is C20H20F3N7O4S. The number of halogens is 3. The van der Waals surface area contributed by atoms with Crippen molar-refractivity contribution >= 4 is 27.0 Å². The van der Waals surface area contributed by atoms with Gasteiger partial charge in [-0.2, -0.15) is 13.2 Å². The zero-order chi connectivity index (χ0) is 25.6. The quantitative estimate of drug-likeness (QED) is 0.291. The summed E-state index contributed by atoms with van der Waals surface area (Å²) in [5, 5.41) is 15.9. The third-order valence-electron chi connectivity index (χ3n) is 4.55. The standard InChI is InChI=1S/C18H19N7O2S.C2HF3O2/c19-6-8-22-28(26,27)15-3-1-13(2-4-15)16-5-7-20-18-17(16)11-14(23-18)12-25-10-9-21-24-25;3-2(4,5)1(6)7/h1-5,7,9-11,22H,6,8,12,19H2,(H,20,23);(H,6,7). The van der Waals surface area contributed by atoms with E-state index in [4.69, 9.17) is 15.6 Å². The molecule has 5 N–H and O–H groups in total. The Morgan fingerprint density at radius 3 is 2.43 bits per heavy atom. The third kappa shape index (κ3) is 6.62. The molecule has 0 spiro atoms. The van der Waals surface area contributed by atoms with E-state index in [-0.39, 0.29) is 18.0 Å². The van der Waals surface area contributed by atoms with Gasteiger partial charge in [0.05, 0.1) is 17.6 Å². The number of aliphatic carboxylic acids is 1. The number of sulfonamides is 1. The highest BCUT2D eigenvalue weighted by atomic mass is 32.2. The number of aromatic amines is 1. The molecule has 186 valence electrons. The zero-order valence-electron chi connectivity index (χ0n) is 17.9. The van der Waals surface area contributed by atoms with Gasteiger partial charge in [-0.1, -0.05) is 17.3 Å². The molecular weight excluding hydrogens is 491 g/mol. The molecule has 0 aliphatic carbocycles. The van der Waals surface area contributed by atoms with Gasteiger partial charge in [0.15, 0.2) is 0 Å². The second kappa shape index (κ2) is 10.6. The molecule has 3 heterocycles. The number of nitrogens with one attached hydrogen (secondary N) is 2. The number of nitrogens with two attached hydrogens (primary N) is 1. The van der Waals surface area contributed by atoms with Crippen LogP contribution in [0.4, 0.5) is 13.2 Å². The first-order valence-electron chi connectivity index (χ1n) is 9.92. The fourth-order valence-electron chi connectivity index (χ4n) is 3.00. The second-order valence-corrected chi connectivity index (χ2v) is 8.80. The van der Waals surface area contributed by atoms with Crippen molar-refractivity contribution in [3.63, 3.8) is 0 Å². The molecule has 0 radical (unpaired) electrons. The Morgan fingerprint density at radius 1 is 1.17 bits per heavy atom. The van der Waals surface area contributed by atoms with Gasteiger partial charge >= 0.3 is 12.1 Å². The molecule has 0 aliphatic rings. The number of alkyl halides is 3. The number of H-pyrrole nitrogens is 1. The van der Waals surface area contributed by atoms with Gasteiger partial charge in [0, 0.05) is 36.6 Å². The molecule has 11 nitrogen and oxygen atoms in total. The van der Waals surface area contributed by atoms with Crippen molar-refractivity contribution in [3.05, 3.63) is 60.7 Å². The maximum atomic E-state index is 12.2. The van der Waals surface area contributed by atoms with Crippen LogP contribution in [0.1, 0.15) is 5.69 Å². The highest BCUT2D eigenvalue weighted by Crippen LogP contribution is 2.29. The van der Waals surface area contributed by atoms with Crippen molar-refractivity contribution in [1.29, 1.82) is 0 Å². The van der Waals surface area contributed by atoms with Crippen LogP contribution < -0.4 is 10.5 Å². The van der Waals surface area contributed by atoms with E-state index in [1.165, 1.54) is 0 Å². The number of aromatic nitrogens is 5. The Morgan fingerprint density at radius 2 is 1.86 bits per heavy atom. The molecule has 0 saturated carbocycles. The van der Waals surface area contributed by atoms with E-state index in [0.29, 0.717) is 6.54 Å². The van der Waals surface area contributed by atoms with Crippen LogP contribution in [0.3, 0.4) is 0 Å². The summed E-state index contributed by atoms with van der Waals surface area (Å²) in [4.78, 5) is 16.8. The zero-order valence-corrected chi connectivity index (χ0v) is 18.7. The number of hydrogen-bond acceptors (Lipinski definition) is 7. The molecule has 15 heteroatoms. The third-order valence-corrected chi connectivity index (χ3v) is 6.02. The average molecular weight is 511 g/mol. The first-order chi connectivity index (χ1) is 16.5. The van der Waals surface area contributed by atoms with Crippen LogP contribution in [-0.4, -0.2) is 63.7 Å². The predicted molar refractivity (Wildman–Crippen MR) is 119 cm³/mol. The number of carboxylic acid groups (broad SMARTS) is 1. The second-order valence-electron chi connectivity index (χ2n) is 7.03. The van der Waals surface area contributed by atoms with Crippen molar-refractivity contribution in [2.24, 2.45) is 5.73 Å². The maximum absolute atomic E-state index is 12.2. The van der Waals surface area contributed by atoms with Crippen LogP contribution >= 0.6 is 0 Å². The fraction of sp³-hybridized carbons (Fsp3) is 0.200. The van der Waals surface area contributed by atoms with E-state index in [1.54, 1.807) is 47.5 Å². The van der Waals surface area contributed by atoms with Crippen LogP contribution in [-0.2, 0) is 21.4 Å². The van der Waals surface area contributed by atoms with Gasteiger partial charge < -0.3 is 15.8 Å². The van der Waals surface area contributed by atoms with Crippen molar-refractivity contribution in [2.45, 2.75) is 17.6 Å². The Kier molecular flexibility index (Phi) is 7.83. The Labute approximate surface area is 196 Å². The predicted octanol–water partition coefficient (Wildman–Crippen LogP) is 1.74. The lowest BCUT2D eigenvalue weighted by molar-refractivity contribution is -0.192. The van der Waals surface area contributed by atoms with Crippen LogP contribution in [0.15, 0.2) is 59.9 Å². The van der Waals surface area contributed by atoms with Crippen LogP contribution in [0, 0.1) is 0 Å². The molecule has 3 aromatic heterocycles. The number of rotatable bonds is 7.